The van der Waals surface area contributed by atoms with Gasteiger partial charge in [0.05, 0.1) is 25.5 Å². The van der Waals surface area contributed by atoms with Gasteiger partial charge in [-0.25, -0.2) is 0 Å². The quantitative estimate of drug-likeness (QED) is 0.401. The minimum absolute atomic E-state index is 0. The maximum Gasteiger partial charge on any atom is 0.195 e. The number of anilines is 1. The molecular formula is C18H25IN4O3. The number of hydrogen-bond acceptors (Lipinski definition) is 5. The van der Waals surface area contributed by atoms with Crippen molar-refractivity contribution >= 4 is 35.6 Å². The van der Waals surface area contributed by atoms with Crippen LogP contribution in [0.3, 0.4) is 0 Å². The first-order valence-electron chi connectivity index (χ1n) is 8.48. The summed E-state index contributed by atoms with van der Waals surface area (Å²) in [5.74, 6) is 3.27. The number of aromatic nitrogens is 1. The molecule has 3 rings (SSSR count). The molecule has 0 radical (unpaired) electrons. The molecule has 2 N–H and O–H groups in total. The van der Waals surface area contributed by atoms with Crippen LogP contribution < -0.4 is 20.1 Å². The van der Waals surface area contributed by atoms with Gasteiger partial charge in [-0.1, -0.05) is 19.0 Å². The van der Waals surface area contributed by atoms with Gasteiger partial charge in [-0.05, 0) is 18.1 Å². The fraction of sp³-hybridized carbons (Fsp3) is 0.444. The molecule has 0 amide bonds. The fourth-order valence-electron chi connectivity index (χ4n) is 2.41. The van der Waals surface area contributed by atoms with Gasteiger partial charge in [-0.15, -0.1) is 24.0 Å². The Balaban J connectivity index is 0.00000243. The van der Waals surface area contributed by atoms with Crippen molar-refractivity contribution in [2.45, 2.75) is 32.7 Å². The molecule has 0 unspecified atom stereocenters. The third kappa shape index (κ3) is 5.26. The number of nitrogens with zero attached hydrogens (tertiary/aromatic N) is 2. The minimum Gasteiger partial charge on any atom is -0.490 e. The predicted octanol–water partition coefficient (Wildman–Crippen LogP) is 3.76. The summed E-state index contributed by atoms with van der Waals surface area (Å²) in [7, 11) is 1.72. The van der Waals surface area contributed by atoms with Crippen molar-refractivity contribution in [2.24, 2.45) is 4.99 Å². The Labute approximate surface area is 170 Å². The summed E-state index contributed by atoms with van der Waals surface area (Å²) in [6.45, 7) is 6.01. The summed E-state index contributed by atoms with van der Waals surface area (Å²) < 4.78 is 16.7. The first kappa shape index (κ1) is 20.3. The van der Waals surface area contributed by atoms with E-state index in [2.05, 4.69) is 34.6 Å². The number of fused-ring (bicyclic) bond motifs is 1. The molecule has 0 atom stereocenters. The van der Waals surface area contributed by atoms with Crippen LogP contribution in [0.15, 0.2) is 33.8 Å². The molecule has 1 aromatic heterocycles. The Hall–Kier alpha value is -1.97. The summed E-state index contributed by atoms with van der Waals surface area (Å²) in [5.41, 5.74) is 1.82. The number of benzene rings is 1. The molecule has 0 aliphatic carbocycles. The number of rotatable bonds is 4. The number of hydrogen-bond donors (Lipinski definition) is 2. The van der Waals surface area contributed by atoms with Crippen molar-refractivity contribution in [3.8, 4) is 11.5 Å². The van der Waals surface area contributed by atoms with E-state index in [9.17, 15) is 0 Å². The van der Waals surface area contributed by atoms with Crippen LogP contribution in [0, 0.1) is 0 Å². The molecule has 0 saturated carbocycles. The third-order valence-corrected chi connectivity index (χ3v) is 3.83. The van der Waals surface area contributed by atoms with Gasteiger partial charge in [0.25, 0.3) is 0 Å². The van der Waals surface area contributed by atoms with Gasteiger partial charge in [0.1, 0.15) is 0 Å². The molecule has 0 saturated heterocycles. The van der Waals surface area contributed by atoms with E-state index in [-0.39, 0.29) is 24.0 Å². The molecule has 7 nitrogen and oxygen atoms in total. The normalized spacial score (nSPS) is 13.8. The van der Waals surface area contributed by atoms with Gasteiger partial charge in [-0.2, -0.15) is 0 Å². The second-order valence-corrected chi connectivity index (χ2v) is 6.14. The van der Waals surface area contributed by atoms with E-state index >= 15 is 0 Å². The van der Waals surface area contributed by atoms with Gasteiger partial charge < -0.3 is 24.6 Å². The number of guanidine groups is 1. The Morgan fingerprint density at radius 1 is 1.19 bits per heavy atom. The van der Waals surface area contributed by atoms with E-state index in [0.717, 1.165) is 35.1 Å². The average Bonchev–Trinajstić information content (AvgIpc) is 2.97. The second kappa shape index (κ2) is 9.65. The first-order chi connectivity index (χ1) is 12.2. The topological polar surface area (TPSA) is 80.9 Å². The van der Waals surface area contributed by atoms with Gasteiger partial charge in [0.2, 0.25) is 0 Å². The van der Waals surface area contributed by atoms with Gasteiger partial charge in [0.15, 0.2) is 23.2 Å². The lowest BCUT2D eigenvalue weighted by Gasteiger charge is -2.13. The van der Waals surface area contributed by atoms with E-state index in [1.165, 1.54) is 0 Å². The van der Waals surface area contributed by atoms with Gasteiger partial charge in [-0.3, -0.25) is 4.99 Å². The fourth-order valence-corrected chi connectivity index (χ4v) is 2.41. The lowest BCUT2D eigenvalue weighted by molar-refractivity contribution is 0.297. The van der Waals surface area contributed by atoms with E-state index in [1.807, 2.05) is 24.3 Å². The van der Waals surface area contributed by atoms with Crippen molar-refractivity contribution in [1.29, 1.82) is 0 Å². The molecular weight excluding hydrogens is 447 g/mol. The summed E-state index contributed by atoms with van der Waals surface area (Å²) in [5, 5.41) is 10.5. The maximum atomic E-state index is 5.71. The molecule has 26 heavy (non-hydrogen) atoms. The molecule has 1 aliphatic heterocycles. The third-order valence-electron chi connectivity index (χ3n) is 3.83. The smallest absolute Gasteiger partial charge is 0.195 e. The first-order valence-corrected chi connectivity index (χ1v) is 8.48. The van der Waals surface area contributed by atoms with Crippen molar-refractivity contribution in [3.63, 3.8) is 0 Å². The molecule has 2 aromatic rings. The zero-order valence-electron chi connectivity index (χ0n) is 15.2. The monoisotopic (exact) mass is 472 g/mol. The van der Waals surface area contributed by atoms with Gasteiger partial charge >= 0.3 is 0 Å². The highest BCUT2D eigenvalue weighted by Crippen LogP contribution is 2.32. The molecule has 1 aliphatic rings. The molecule has 2 heterocycles. The highest BCUT2D eigenvalue weighted by atomic mass is 127. The Bertz CT molecular complexity index is 746. The molecule has 1 aromatic carbocycles. The molecule has 0 spiro atoms. The average molecular weight is 472 g/mol. The second-order valence-electron chi connectivity index (χ2n) is 6.14. The summed E-state index contributed by atoms with van der Waals surface area (Å²) in [4.78, 5) is 4.23. The molecule has 8 heteroatoms. The van der Waals surface area contributed by atoms with Crippen molar-refractivity contribution in [2.75, 3.05) is 25.6 Å². The van der Waals surface area contributed by atoms with Crippen LogP contribution in [0.1, 0.15) is 37.6 Å². The molecule has 0 bridgehead atoms. The minimum atomic E-state index is 0. The number of halogens is 1. The number of aliphatic imine (C=N–C) groups is 1. The maximum absolute atomic E-state index is 5.71. The van der Waals surface area contributed by atoms with Gasteiger partial charge in [0, 0.05) is 31.3 Å². The lowest BCUT2D eigenvalue weighted by Crippen LogP contribution is -2.30. The van der Waals surface area contributed by atoms with E-state index in [0.29, 0.717) is 31.6 Å². The van der Waals surface area contributed by atoms with Crippen LogP contribution in [-0.2, 0) is 6.54 Å². The summed E-state index contributed by atoms with van der Waals surface area (Å²) in [6, 6.07) is 7.71. The standard InChI is InChI=1S/C18H24N4O3.HI/c1-12(2)15-10-14(25-22-15)11-20-18(19-3)21-13-5-6-16-17(9-13)24-8-4-7-23-16;/h5-6,9-10,12H,4,7-8,11H2,1-3H3,(H2,19,20,21);1H. The highest BCUT2D eigenvalue weighted by molar-refractivity contribution is 14.0. The summed E-state index contributed by atoms with van der Waals surface area (Å²) in [6.07, 6.45) is 0.885. The van der Waals surface area contributed by atoms with Crippen LogP contribution in [0.4, 0.5) is 5.69 Å². The lowest BCUT2D eigenvalue weighted by atomic mass is 10.1. The van der Waals surface area contributed by atoms with E-state index < -0.39 is 0 Å². The van der Waals surface area contributed by atoms with Crippen molar-refractivity contribution < 1.29 is 14.0 Å². The number of nitrogens with one attached hydrogen (secondary N) is 2. The zero-order valence-corrected chi connectivity index (χ0v) is 17.6. The van der Waals surface area contributed by atoms with Crippen molar-refractivity contribution in [1.82, 2.24) is 10.5 Å². The van der Waals surface area contributed by atoms with Crippen LogP contribution in [-0.4, -0.2) is 31.4 Å². The Morgan fingerprint density at radius 2 is 1.96 bits per heavy atom. The van der Waals surface area contributed by atoms with E-state index in [4.69, 9.17) is 14.0 Å². The van der Waals surface area contributed by atoms with Crippen LogP contribution in [0.5, 0.6) is 11.5 Å². The Morgan fingerprint density at radius 3 is 2.65 bits per heavy atom. The summed E-state index contributed by atoms with van der Waals surface area (Å²) >= 11 is 0. The predicted molar refractivity (Wildman–Crippen MR) is 112 cm³/mol. The van der Waals surface area contributed by atoms with E-state index in [1.54, 1.807) is 7.05 Å². The van der Waals surface area contributed by atoms with Crippen LogP contribution in [0.25, 0.3) is 0 Å². The number of ether oxygens (including phenoxy) is 2. The Kier molecular flexibility index (Phi) is 7.55. The van der Waals surface area contributed by atoms with Crippen LogP contribution in [0.2, 0.25) is 0 Å². The molecule has 0 fully saturated rings. The highest BCUT2D eigenvalue weighted by Gasteiger charge is 2.12. The zero-order chi connectivity index (χ0) is 17.6. The largest absolute Gasteiger partial charge is 0.490 e. The van der Waals surface area contributed by atoms with Crippen LogP contribution >= 0.6 is 24.0 Å². The molecule has 142 valence electrons. The van der Waals surface area contributed by atoms with Crippen molar-refractivity contribution in [3.05, 3.63) is 35.7 Å². The SMILES string of the molecule is CN=C(NCc1cc(C(C)C)no1)Nc1ccc2c(c1)OCCCO2.I.